The van der Waals surface area contributed by atoms with Crippen molar-refractivity contribution >= 4 is 34.7 Å². The van der Waals surface area contributed by atoms with Crippen LogP contribution in [0.2, 0.25) is 0 Å². The molecule has 1 aromatic rings. The average Bonchev–Trinajstić information content (AvgIpc) is 2.42. The SMILES string of the molecule is C=C(C(=O)OC)N(Cc1ccccc1I)C(=O)OC(C)(C)C. The second kappa shape index (κ2) is 7.62. The highest BCUT2D eigenvalue weighted by atomic mass is 127. The Labute approximate surface area is 144 Å². The van der Waals surface area contributed by atoms with Gasteiger partial charge < -0.3 is 9.47 Å². The van der Waals surface area contributed by atoms with Crippen molar-refractivity contribution in [2.75, 3.05) is 7.11 Å². The van der Waals surface area contributed by atoms with Crippen molar-refractivity contribution in [1.29, 1.82) is 0 Å². The molecule has 1 amide bonds. The monoisotopic (exact) mass is 417 g/mol. The number of amides is 1. The van der Waals surface area contributed by atoms with E-state index in [0.29, 0.717) is 0 Å². The van der Waals surface area contributed by atoms with Crippen molar-refractivity contribution in [2.45, 2.75) is 32.9 Å². The molecule has 1 aromatic carbocycles. The van der Waals surface area contributed by atoms with E-state index in [1.807, 2.05) is 24.3 Å². The van der Waals surface area contributed by atoms with Gasteiger partial charge in [0.05, 0.1) is 13.7 Å². The molecule has 0 aliphatic heterocycles. The molecule has 120 valence electrons. The quantitative estimate of drug-likeness (QED) is 0.426. The van der Waals surface area contributed by atoms with Crippen molar-refractivity contribution < 1.29 is 19.1 Å². The summed E-state index contributed by atoms with van der Waals surface area (Å²) in [5.41, 5.74) is 0.158. The first-order valence-corrected chi connectivity index (χ1v) is 7.74. The molecule has 0 atom stereocenters. The fourth-order valence-corrected chi connectivity index (χ4v) is 2.17. The zero-order chi connectivity index (χ0) is 16.9. The van der Waals surface area contributed by atoms with E-state index < -0.39 is 17.7 Å². The minimum atomic E-state index is -0.671. The van der Waals surface area contributed by atoms with Crippen molar-refractivity contribution in [2.24, 2.45) is 0 Å². The number of nitrogens with zero attached hydrogens (tertiary/aromatic N) is 1. The van der Waals surface area contributed by atoms with Gasteiger partial charge in [-0.25, -0.2) is 9.59 Å². The third kappa shape index (κ3) is 5.32. The minimum Gasteiger partial charge on any atom is -0.464 e. The predicted octanol–water partition coefficient (Wildman–Crippen LogP) is 3.72. The first-order chi connectivity index (χ1) is 10.2. The van der Waals surface area contributed by atoms with Crippen molar-refractivity contribution in [3.05, 3.63) is 45.7 Å². The largest absolute Gasteiger partial charge is 0.464 e. The van der Waals surface area contributed by atoms with Crippen LogP contribution >= 0.6 is 22.6 Å². The molecule has 0 spiro atoms. The van der Waals surface area contributed by atoms with Crippen LogP contribution < -0.4 is 0 Å². The Balaban J connectivity index is 3.06. The van der Waals surface area contributed by atoms with Gasteiger partial charge in [0.2, 0.25) is 0 Å². The third-order valence-electron chi connectivity index (χ3n) is 2.65. The smallest absolute Gasteiger partial charge is 0.415 e. The molecule has 6 heteroatoms. The first kappa shape index (κ1) is 18.5. The number of hydrogen-bond acceptors (Lipinski definition) is 4. The van der Waals surface area contributed by atoms with Crippen LogP contribution in [-0.4, -0.2) is 29.7 Å². The van der Waals surface area contributed by atoms with Gasteiger partial charge >= 0.3 is 12.1 Å². The third-order valence-corrected chi connectivity index (χ3v) is 3.70. The van der Waals surface area contributed by atoms with Crippen LogP contribution in [0.25, 0.3) is 0 Å². The Morgan fingerprint density at radius 3 is 2.36 bits per heavy atom. The average molecular weight is 417 g/mol. The van der Waals surface area contributed by atoms with Crippen LogP contribution in [0.4, 0.5) is 4.79 Å². The molecule has 0 aromatic heterocycles. The van der Waals surface area contributed by atoms with Crippen LogP contribution in [0.1, 0.15) is 26.3 Å². The number of ether oxygens (including phenoxy) is 2. The molecule has 22 heavy (non-hydrogen) atoms. The molecule has 0 saturated carbocycles. The molecule has 5 nitrogen and oxygen atoms in total. The molecule has 1 rings (SSSR count). The predicted molar refractivity (Wildman–Crippen MR) is 92.1 cm³/mol. The number of rotatable bonds is 4. The van der Waals surface area contributed by atoms with Crippen molar-refractivity contribution in [1.82, 2.24) is 4.90 Å². The lowest BCUT2D eigenvalue weighted by atomic mass is 10.2. The Morgan fingerprint density at radius 2 is 1.86 bits per heavy atom. The molecule has 0 unspecified atom stereocenters. The summed E-state index contributed by atoms with van der Waals surface area (Å²) in [6.45, 7) is 9.11. The maximum atomic E-state index is 12.4. The van der Waals surface area contributed by atoms with Crippen LogP contribution in [0.3, 0.4) is 0 Å². The second-order valence-electron chi connectivity index (χ2n) is 5.60. The van der Waals surface area contributed by atoms with Crippen LogP contribution in [0, 0.1) is 3.57 Å². The fraction of sp³-hybridized carbons (Fsp3) is 0.375. The van der Waals surface area contributed by atoms with E-state index in [9.17, 15) is 9.59 Å². The summed E-state index contributed by atoms with van der Waals surface area (Å²) in [5, 5.41) is 0. The number of methoxy groups -OCH3 is 1. The highest BCUT2D eigenvalue weighted by Gasteiger charge is 2.28. The number of esters is 1. The van der Waals surface area contributed by atoms with Gasteiger partial charge in [-0.15, -0.1) is 0 Å². The van der Waals surface area contributed by atoms with E-state index in [-0.39, 0.29) is 12.2 Å². The van der Waals surface area contributed by atoms with Gasteiger partial charge in [0.1, 0.15) is 11.3 Å². The van der Waals surface area contributed by atoms with Gasteiger partial charge in [-0.3, -0.25) is 4.90 Å². The Bertz CT molecular complexity index is 578. The molecule has 0 saturated heterocycles. The number of halogens is 1. The lowest BCUT2D eigenvalue weighted by Gasteiger charge is -2.28. The van der Waals surface area contributed by atoms with E-state index in [1.54, 1.807) is 20.8 Å². The van der Waals surface area contributed by atoms with Crippen LogP contribution in [0.15, 0.2) is 36.5 Å². The lowest BCUT2D eigenvalue weighted by Crippen LogP contribution is -2.38. The first-order valence-electron chi connectivity index (χ1n) is 6.67. The van der Waals surface area contributed by atoms with Gasteiger partial charge in [-0.1, -0.05) is 24.8 Å². The molecule has 0 aliphatic carbocycles. The highest BCUT2D eigenvalue weighted by molar-refractivity contribution is 14.1. The second-order valence-corrected chi connectivity index (χ2v) is 6.76. The van der Waals surface area contributed by atoms with Crippen molar-refractivity contribution in [3.8, 4) is 0 Å². The summed E-state index contributed by atoms with van der Waals surface area (Å²) >= 11 is 2.17. The zero-order valence-electron chi connectivity index (χ0n) is 13.2. The van der Waals surface area contributed by atoms with Gasteiger partial charge in [-0.05, 0) is 55.0 Å². The van der Waals surface area contributed by atoms with Gasteiger partial charge in [0.25, 0.3) is 0 Å². The Morgan fingerprint density at radius 1 is 1.27 bits per heavy atom. The molecular weight excluding hydrogens is 397 g/mol. The normalized spacial score (nSPS) is 10.8. The maximum absolute atomic E-state index is 12.4. The Hall–Kier alpha value is -1.57. The fourth-order valence-electron chi connectivity index (χ4n) is 1.61. The summed E-state index contributed by atoms with van der Waals surface area (Å²) in [6.07, 6.45) is -0.637. The number of benzene rings is 1. The molecule has 0 bridgehead atoms. The molecule has 0 heterocycles. The topological polar surface area (TPSA) is 55.8 Å². The molecule has 0 fully saturated rings. The number of carbonyl (C=O) groups is 2. The summed E-state index contributed by atoms with van der Waals surface area (Å²) in [7, 11) is 1.24. The van der Waals surface area contributed by atoms with E-state index in [2.05, 4.69) is 33.9 Å². The van der Waals surface area contributed by atoms with Crippen LogP contribution in [0.5, 0.6) is 0 Å². The van der Waals surface area contributed by atoms with E-state index in [0.717, 1.165) is 9.13 Å². The summed E-state index contributed by atoms with van der Waals surface area (Å²) < 4.78 is 11.0. The molecule has 0 N–H and O–H groups in total. The highest BCUT2D eigenvalue weighted by Crippen LogP contribution is 2.20. The zero-order valence-corrected chi connectivity index (χ0v) is 15.3. The van der Waals surface area contributed by atoms with E-state index in [1.165, 1.54) is 12.0 Å². The standard InChI is InChI=1S/C16H20INO4/c1-11(14(19)21-5)18(15(20)22-16(2,3)4)10-12-8-6-7-9-13(12)17/h6-9H,1,10H2,2-5H3. The summed E-state index contributed by atoms with van der Waals surface area (Å²) in [4.78, 5) is 25.3. The summed E-state index contributed by atoms with van der Waals surface area (Å²) in [5.74, 6) is -0.670. The lowest BCUT2D eigenvalue weighted by molar-refractivity contribution is -0.138. The van der Waals surface area contributed by atoms with E-state index in [4.69, 9.17) is 4.74 Å². The van der Waals surface area contributed by atoms with Gasteiger partial charge in [0.15, 0.2) is 0 Å². The summed E-state index contributed by atoms with van der Waals surface area (Å²) in [6, 6.07) is 7.57. The molecular formula is C16H20INO4. The Kier molecular flexibility index (Phi) is 6.40. The maximum Gasteiger partial charge on any atom is 0.415 e. The van der Waals surface area contributed by atoms with Gasteiger partial charge in [0, 0.05) is 3.57 Å². The number of hydrogen-bond donors (Lipinski definition) is 0. The van der Waals surface area contributed by atoms with Crippen LogP contribution in [-0.2, 0) is 20.8 Å². The minimum absolute atomic E-state index is 0.0589. The molecule has 0 radical (unpaired) electrons. The van der Waals surface area contributed by atoms with Crippen molar-refractivity contribution in [3.63, 3.8) is 0 Å². The number of carbonyl (C=O) groups excluding carboxylic acids is 2. The van der Waals surface area contributed by atoms with Gasteiger partial charge in [-0.2, -0.15) is 0 Å². The van der Waals surface area contributed by atoms with E-state index >= 15 is 0 Å². The molecule has 0 aliphatic rings.